The molecule has 5 rings (SSSR count). The maximum absolute atomic E-state index is 4.20. The number of fused-ring (bicyclic) bond motifs is 3. The molecule has 4 nitrogen and oxygen atoms in total. The number of allylic oxidation sites excluding steroid dienone is 1. The predicted octanol–water partition coefficient (Wildman–Crippen LogP) is 3.28. The van der Waals surface area contributed by atoms with Crippen LogP contribution in [-0.4, -0.2) is 33.0 Å². The second kappa shape index (κ2) is 5.02. The van der Waals surface area contributed by atoms with Crippen LogP contribution in [0.4, 0.5) is 0 Å². The van der Waals surface area contributed by atoms with Gasteiger partial charge in [-0.25, -0.2) is 9.97 Å². The van der Waals surface area contributed by atoms with E-state index in [0.29, 0.717) is 0 Å². The molecule has 0 fully saturated rings. The number of rotatable bonds is 1. The Bertz CT molecular complexity index is 982. The molecule has 0 unspecified atom stereocenters. The van der Waals surface area contributed by atoms with Crippen molar-refractivity contribution in [3.05, 3.63) is 58.8 Å². The van der Waals surface area contributed by atoms with E-state index in [9.17, 15) is 0 Å². The van der Waals surface area contributed by atoms with Crippen LogP contribution in [0, 0.1) is 6.92 Å². The van der Waals surface area contributed by atoms with Crippen molar-refractivity contribution >= 4 is 22.6 Å². The molecule has 0 radical (unpaired) electrons. The molecule has 2 aliphatic heterocycles. The molecule has 24 heavy (non-hydrogen) atoms. The molecule has 0 spiro atoms. The molecule has 3 aromatic rings. The predicted molar refractivity (Wildman–Crippen MR) is 96.6 cm³/mol. The summed E-state index contributed by atoms with van der Waals surface area (Å²) < 4.78 is 2.54. The first kappa shape index (κ1) is 13.9. The average molecular weight is 316 g/mol. The summed E-state index contributed by atoms with van der Waals surface area (Å²) in [5.74, 6) is 0. The van der Waals surface area contributed by atoms with Gasteiger partial charge in [-0.05, 0) is 54.4 Å². The van der Waals surface area contributed by atoms with Gasteiger partial charge in [0.2, 0.25) is 0 Å². The van der Waals surface area contributed by atoms with Crippen molar-refractivity contribution in [3.8, 4) is 0 Å². The van der Waals surface area contributed by atoms with Crippen molar-refractivity contribution < 1.29 is 0 Å². The van der Waals surface area contributed by atoms with Crippen molar-refractivity contribution in [2.75, 3.05) is 13.6 Å². The zero-order chi connectivity index (χ0) is 16.3. The van der Waals surface area contributed by atoms with Crippen molar-refractivity contribution in [1.29, 1.82) is 0 Å². The van der Waals surface area contributed by atoms with Gasteiger partial charge in [0.05, 0.1) is 5.52 Å². The van der Waals surface area contributed by atoms with Crippen LogP contribution in [0.2, 0.25) is 0 Å². The Morgan fingerprint density at radius 1 is 1.08 bits per heavy atom. The van der Waals surface area contributed by atoms with Gasteiger partial charge in [0, 0.05) is 55.1 Å². The number of aryl methyl sites for hydroxylation is 1. The number of hydrogen-bond donors (Lipinski definition) is 0. The summed E-state index contributed by atoms with van der Waals surface area (Å²) in [6.07, 6.45) is 8.87. The number of aromatic nitrogens is 3. The van der Waals surface area contributed by atoms with Crippen LogP contribution in [0.5, 0.6) is 0 Å². The fraction of sp³-hybridized carbons (Fsp3) is 0.300. The fourth-order valence-electron chi connectivity index (χ4n) is 4.23. The summed E-state index contributed by atoms with van der Waals surface area (Å²) in [5, 5.41) is 1.44. The van der Waals surface area contributed by atoms with E-state index < -0.39 is 0 Å². The van der Waals surface area contributed by atoms with E-state index >= 15 is 0 Å². The lowest BCUT2D eigenvalue weighted by molar-refractivity contribution is 0.310. The van der Waals surface area contributed by atoms with Crippen LogP contribution >= 0.6 is 0 Å². The monoisotopic (exact) mass is 316 g/mol. The van der Waals surface area contributed by atoms with Crippen molar-refractivity contribution in [2.45, 2.75) is 26.4 Å². The molecule has 0 saturated heterocycles. The van der Waals surface area contributed by atoms with Crippen LogP contribution in [-0.2, 0) is 19.5 Å². The molecule has 2 aliphatic rings. The Morgan fingerprint density at radius 3 is 2.75 bits per heavy atom. The highest BCUT2D eigenvalue weighted by molar-refractivity contribution is 5.99. The summed E-state index contributed by atoms with van der Waals surface area (Å²) in [6, 6.07) is 4.66. The van der Waals surface area contributed by atoms with E-state index in [0.717, 1.165) is 31.6 Å². The smallest absolute Gasteiger partial charge is 0.115 e. The lowest BCUT2D eigenvalue weighted by Gasteiger charge is -2.25. The minimum absolute atomic E-state index is 0.916. The minimum atomic E-state index is 0.916. The Hall–Kier alpha value is -2.46. The third-order valence-electron chi connectivity index (χ3n) is 5.30. The molecule has 0 atom stereocenters. The minimum Gasteiger partial charge on any atom is -0.339 e. The van der Waals surface area contributed by atoms with Gasteiger partial charge >= 0.3 is 0 Å². The maximum Gasteiger partial charge on any atom is 0.115 e. The van der Waals surface area contributed by atoms with E-state index in [1.807, 2.05) is 12.4 Å². The molecule has 4 heterocycles. The Labute approximate surface area is 141 Å². The summed E-state index contributed by atoms with van der Waals surface area (Å²) in [6.45, 7) is 5.29. The molecule has 2 aromatic heterocycles. The van der Waals surface area contributed by atoms with E-state index in [1.54, 1.807) is 6.33 Å². The topological polar surface area (TPSA) is 34.0 Å². The molecule has 120 valence electrons. The second-order valence-corrected chi connectivity index (χ2v) is 7.05. The summed E-state index contributed by atoms with van der Waals surface area (Å²) in [4.78, 5) is 10.8. The van der Waals surface area contributed by atoms with Gasteiger partial charge in [-0.15, -0.1) is 0 Å². The number of benzene rings is 1. The third-order valence-corrected chi connectivity index (χ3v) is 5.30. The first-order valence-electron chi connectivity index (χ1n) is 8.50. The molecule has 4 heteroatoms. The Kier molecular flexibility index (Phi) is 2.91. The van der Waals surface area contributed by atoms with Gasteiger partial charge in [0.1, 0.15) is 6.33 Å². The Morgan fingerprint density at radius 2 is 1.92 bits per heavy atom. The summed E-state index contributed by atoms with van der Waals surface area (Å²) in [5.41, 5.74) is 9.50. The van der Waals surface area contributed by atoms with Crippen molar-refractivity contribution in [2.24, 2.45) is 0 Å². The number of nitrogens with zero attached hydrogens (tertiary/aromatic N) is 4. The van der Waals surface area contributed by atoms with Gasteiger partial charge in [-0.1, -0.05) is 0 Å². The van der Waals surface area contributed by atoms with E-state index in [1.165, 1.54) is 38.9 Å². The van der Waals surface area contributed by atoms with Gasteiger partial charge in [0.15, 0.2) is 0 Å². The average Bonchev–Trinajstić information content (AvgIpc) is 2.90. The highest BCUT2D eigenvalue weighted by atomic mass is 15.1. The van der Waals surface area contributed by atoms with E-state index in [-0.39, 0.29) is 0 Å². The van der Waals surface area contributed by atoms with Gasteiger partial charge in [-0.2, -0.15) is 0 Å². The first-order chi connectivity index (χ1) is 11.7. The molecule has 0 N–H and O–H groups in total. The number of likely N-dealkylation sites (N-methyl/N-ethyl adjacent to an activating group) is 1. The van der Waals surface area contributed by atoms with Crippen LogP contribution in [0.25, 0.3) is 22.6 Å². The molecular weight excluding hydrogens is 296 g/mol. The quantitative estimate of drug-likeness (QED) is 0.691. The van der Waals surface area contributed by atoms with Crippen LogP contribution in [0.3, 0.4) is 0 Å². The fourth-order valence-corrected chi connectivity index (χ4v) is 4.23. The van der Waals surface area contributed by atoms with Gasteiger partial charge < -0.3 is 9.47 Å². The van der Waals surface area contributed by atoms with Crippen molar-refractivity contribution in [1.82, 2.24) is 19.4 Å². The van der Waals surface area contributed by atoms with Crippen LogP contribution < -0.4 is 0 Å². The third kappa shape index (κ3) is 1.96. The molecule has 0 amide bonds. The van der Waals surface area contributed by atoms with Gasteiger partial charge in [0.25, 0.3) is 0 Å². The summed E-state index contributed by atoms with van der Waals surface area (Å²) in [7, 11) is 2.22. The van der Waals surface area contributed by atoms with Crippen LogP contribution in [0.15, 0.2) is 30.9 Å². The second-order valence-electron chi connectivity index (χ2n) is 7.05. The Balaban J connectivity index is 1.77. The standard InChI is InChI=1S/C20H20N4/c1-13-5-14-7-15(16-8-21-12-22-9-16)10-24-19-3-4-23(2)11-18(19)17(6-13)20(14)24/h5-9,12H,3-4,10-11H2,1-2H3. The molecule has 0 bridgehead atoms. The molecule has 0 saturated carbocycles. The lowest BCUT2D eigenvalue weighted by atomic mass is 9.98. The molecule has 0 aliphatic carbocycles. The number of hydrogen-bond acceptors (Lipinski definition) is 3. The zero-order valence-electron chi connectivity index (χ0n) is 14.1. The van der Waals surface area contributed by atoms with E-state index in [4.69, 9.17) is 0 Å². The largest absolute Gasteiger partial charge is 0.339 e. The lowest BCUT2D eigenvalue weighted by Crippen LogP contribution is -2.27. The zero-order valence-corrected chi connectivity index (χ0v) is 14.1. The normalized spacial score (nSPS) is 17.0. The maximum atomic E-state index is 4.20. The summed E-state index contributed by atoms with van der Waals surface area (Å²) >= 11 is 0. The first-order valence-corrected chi connectivity index (χ1v) is 8.50. The van der Waals surface area contributed by atoms with Crippen molar-refractivity contribution in [3.63, 3.8) is 0 Å². The van der Waals surface area contributed by atoms with Gasteiger partial charge in [-0.3, -0.25) is 0 Å². The van der Waals surface area contributed by atoms with E-state index in [2.05, 4.69) is 51.6 Å². The van der Waals surface area contributed by atoms with Crippen LogP contribution in [0.1, 0.15) is 27.9 Å². The molecule has 1 aromatic carbocycles. The highest BCUT2D eigenvalue weighted by Crippen LogP contribution is 2.38. The molecular formula is C20H20N4. The highest BCUT2D eigenvalue weighted by Gasteiger charge is 2.26. The SMILES string of the molecule is Cc1cc2c3c(c1)c1c(n3CC(c3cncnc3)=C2)CCN(C)C1.